The van der Waals surface area contributed by atoms with Gasteiger partial charge in [0, 0.05) is 23.2 Å². The summed E-state index contributed by atoms with van der Waals surface area (Å²) < 4.78 is 1.16. The first-order valence-electron chi connectivity index (χ1n) is 8.72. The fraction of sp³-hybridized carbons (Fsp3) is 0.389. The molecule has 0 bridgehead atoms. The van der Waals surface area contributed by atoms with Crippen molar-refractivity contribution < 1.29 is 0 Å². The lowest BCUT2D eigenvalue weighted by Gasteiger charge is -2.06. The Hall–Kier alpha value is -1.51. The van der Waals surface area contributed by atoms with Crippen LogP contribution in [-0.4, -0.2) is 38.0 Å². The average Bonchev–Trinajstić information content (AvgIpc) is 3.36. The first-order valence-corrected chi connectivity index (χ1v) is 11.5. The van der Waals surface area contributed by atoms with Crippen LogP contribution in [-0.2, 0) is 0 Å². The Morgan fingerprint density at radius 2 is 2.27 bits per heavy atom. The lowest BCUT2D eigenvalue weighted by Crippen LogP contribution is -1.98. The second kappa shape index (κ2) is 7.62. The molecule has 1 aliphatic heterocycles. The number of thioether (sulfide) groups is 2. The number of H-pyrrole nitrogens is 1. The van der Waals surface area contributed by atoms with Crippen molar-refractivity contribution in [3.05, 3.63) is 23.8 Å². The topological polar surface area (TPSA) is 80.0 Å². The standard InChI is InChI=1S/C18H21N5S3/c1-3-4-6-25-18-15(19)14-11(13-9-21-10(2)22-13)8-12(23-17(14)26-18)16-20-5-7-24-16/h8-9H,3-7,19H2,1-2H3,(H,21,22). The molecule has 0 aliphatic carbocycles. The Kier molecular flexibility index (Phi) is 5.24. The molecular weight excluding hydrogens is 382 g/mol. The fourth-order valence-corrected chi connectivity index (χ4v) is 6.15. The van der Waals surface area contributed by atoms with Gasteiger partial charge in [0.1, 0.15) is 15.7 Å². The molecule has 0 saturated carbocycles. The van der Waals surface area contributed by atoms with Gasteiger partial charge in [0.15, 0.2) is 0 Å². The van der Waals surface area contributed by atoms with Gasteiger partial charge >= 0.3 is 0 Å². The molecule has 0 unspecified atom stereocenters. The molecule has 0 aromatic carbocycles. The largest absolute Gasteiger partial charge is 0.397 e. The second-order valence-electron chi connectivity index (χ2n) is 6.16. The lowest BCUT2D eigenvalue weighted by molar-refractivity contribution is 0.897. The summed E-state index contributed by atoms with van der Waals surface area (Å²) in [6.45, 7) is 5.03. The maximum Gasteiger partial charge on any atom is 0.127 e. The number of nitrogens with two attached hydrogens (primary N) is 1. The molecule has 4 heterocycles. The van der Waals surface area contributed by atoms with Crippen molar-refractivity contribution in [1.82, 2.24) is 15.0 Å². The van der Waals surface area contributed by atoms with E-state index in [1.165, 1.54) is 12.8 Å². The molecule has 3 aromatic heterocycles. The van der Waals surface area contributed by atoms with E-state index in [1.54, 1.807) is 23.1 Å². The van der Waals surface area contributed by atoms with E-state index in [2.05, 4.69) is 28.0 Å². The number of nitrogen functional groups attached to an aromatic ring is 1. The molecule has 136 valence electrons. The lowest BCUT2D eigenvalue weighted by atomic mass is 10.1. The van der Waals surface area contributed by atoms with E-state index >= 15 is 0 Å². The number of nitrogens with one attached hydrogen (secondary N) is 1. The monoisotopic (exact) mass is 403 g/mol. The van der Waals surface area contributed by atoms with Gasteiger partial charge in [-0.3, -0.25) is 4.99 Å². The summed E-state index contributed by atoms with van der Waals surface area (Å²) in [5.74, 6) is 3.00. The van der Waals surface area contributed by atoms with Gasteiger partial charge in [-0.15, -0.1) is 34.9 Å². The van der Waals surface area contributed by atoms with Gasteiger partial charge < -0.3 is 10.7 Å². The highest BCUT2D eigenvalue weighted by molar-refractivity contribution is 8.14. The van der Waals surface area contributed by atoms with Crippen LogP contribution in [0.1, 0.15) is 31.3 Å². The number of imidazole rings is 1. The molecule has 5 nitrogen and oxygen atoms in total. The number of thiophene rings is 1. The molecular formula is C18H21N5S3. The molecule has 0 radical (unpaired) electrons. The van der Waals surface area contributed by atoms with Crippen LogP contribution in [0.4, 0.5) is 5.69 Å². The Balaban J connectivity index is 1.87. The number of hydrogen-bond donors (Lipinski definition) is 2. The highest BCUT2D eigenvalue weighted by Crippen LogP contribution is 2.44. The minimum absolute atomic E-state index is 0.841. The van der Waals surface area contributed by atoms with Crippen molar-refractivity contribution in [2.75, 3.05) is 23.8 Å². The van der Waals surface area contributed by atoms with Crippen molar-refractivity contribution in [2.24, 2.45) is 4.99 Å². The zero-order valence-electron chi connectivity index (χ0n) is 14.8. The van der Waals surface area contributed by atoms with Gasteiger partial charge in [-0.2, -0.15) is 0 Å². The highest BCUT2D eigenvalue weighted by Gasteiger charge is 2.21. The van der Waals surface area contributed by atoms with Crippen LogP contribution in [0.25, 0.3) is 21.5 Å². The number of fused-ring (bicyclic) bond motifs is 1. The molecule has 1 aliphatic rings. The summed E-state index contributed by atoms with van der Waals surface area (Å²) in [6.07, 6.45) is 4.26. The number of unbranched alkanes of at least 4 members (excludes halogenated alkanes) is 1. The smallest absolute Gasteiger partial charge is 0.127 e. The minimum Gasteiger partial charge on any atom is -0.397 e. The Bertz CT molecular complexity index is 973. The summed E-state index contributed by atoms with van der Waals surface area (Å²) in [4.78, 5) is 18.2. The first kappa shape index (κ1) is 17.9. The number of hydrogen-bond acceptors (Lipinski definition) is 7. The van der Waals surface area contributed by atoms with E-state index in [-0.39, 0.29) is 0 Å². The number of pyridine rings is 1. The van der Waals surface area contributed by atoms with Gasteiger partial charge in [-0.1, -0.05) is 13.3 Å². The molecule has 0 fully saturated rings. The zero-order valence-corrected chi connectivity index (χ0v) is 17.3. The van der Waals surface area contributed by atoms with Crippen molar-refractivity contribution in [3.8, 4) is 11.3 Å². The maximum absolute atomic E-state index is 6.55. The van der Waals surface area contributed by atoms with E-state index < -0.39 is 0 Å². The molecule has 26 heavy (non-hydrogen) atoms. The molecule has 3 N–H and O–H groups in total. The molecule has 0 atom stereocenters. The highest BCUT2D eigenvalue weighted by atomic mass is 32.2. The Morgan fingerprint density at radius 3 is 2.96 bits per heavy atom. The normalized spacial score (nSPS) is 14.3. The fourth-order valence-electron chi connectivity index (χ4n) is 2.89. The summed E-state index contributed by atoms with van der Waals surface area (Å²) >= 11 is 5.30. The van der Waals surface area contributed by atoms with Crippen LogP contribution in [0.3, 0.4) is 0 Å². The van der Waals surface area contributed by atoms with E-state index in [0.29, 0.717) is 0 Å². The minimum atomic E-state index is 0.841. The summed E-state index contributed by atoms with van der Waals surface area (Å²) in [6, 6.07) is 2.11. The number of aromatic nitrogens is 3. The van der Waals surface area contributed by atoms with Crippen molar-refractivity contribution in [2.45, 2.75) is 30.9 Å². The Morgan fingerprint density at radius 1 is 1.38 bits per heavy atom. The SMILES string of the molecule is CCCCSc1sc2nc(C3=NCCS3)cc(-c3cnc(C)[nH]3)c2c1N. The number of aromatic amines is 1. The summed E-state index contributed by atoms with van der Waals surface area (Å²) in [7, 11) is 0. The third-order valence-electron chi connectivity index (χ3n) is 4.19. The first-order chi connectivity index (χ1) is 12.7. The van der Waals surface area contributed by atoms with Crippen molar-refractivity contribution in [1.29, 1.82) is 0 Å². The maximum atomic E-state index is 6.55. The summed E-state index contributed by atoms with van der Waals surface area (Å²) in [5.41, 5.74) is 10.4. The predicted octanol–water partition coefficient (Wildman–Crippen LogP) is 4.96. The van der Waals surface area contributed by atoms with Gasteiger partial charge in [-0.25, -0.2) is 9.97 Å². The second-order valence-corrected chi connectivity index (χ2v) is 9.60. The van der Waals surface area contributed by atoms with E-state index in [0.717, 1.165) is 66.0 Å². The van der Waals surface area contributed by atoms with E-state index in [1.807, 2.05) is 24.9 Å². The molecule has 3 aromatic rings. The van der Waals surface area contributed by atoms with Crippen LogP contribution < -0.4 is 5.73 Å². The molecule has 4 rings (SSSR count). The number of aryl methyl sites for hydroxylation is 1. The van der Waals surface area contributed by atoms with Crippen LogP contribution in [0, 0.1) is 6.92 Å². The van der Waals surface area contributed by atoms with Crippen molar-refractivity contribution in [3.63, 3.8) is 0 Å². The third kappa shape index (κ3) is 3.37. The average molecular weight is 404 g/mol. The van der Waals surface area contributed by atoms with Crippen LogP contribution >= 0.6 is 34.9 Å². The number of anilines is 1. The number of rotatable bonds is 6. The van der Waals surface area contributed by atoms with Gasteiger partial charge in [0.05, 0.1) is 27.5 Å². The van der Waals surface area contributed by atoms with Crippen LogP contribution in [0.5, 0.6) is 0 Å². The third-order valence-corrected chi connectivity index (χ3v) is 7.66. The van der Waals surface area contributed by atoms with Crippen molar-refractivity contribution >= 4 is 55.8 Å². The Labute approximate surface area is 165 Å². The van der Waals surface area contributed by atoms with Gasteiger partial charge in [0.25, 0.3) is 0 Å². The number of nitrogens with zero attached hydrogens (tertiary/aromatic N) is 3. The summed E-state index contributed by atoms with van der Waals surface area (Å²) in [5, 5.41) is 2.06. The van der Waals surface area contributed by atoms with Gasteiger partial charge in [0.2, 0.25) is 0 Å². The molecule has 0 saturated heterocycles. The van der Waals surface area contributed by atoms with E-state index in [9.17, 15) is 0 Å². The van der Waals surface area contributed by atoms with Gasteiger partial charge in [-0.05, 0) is 25.2 Å². The molecule has 8 heteroatoms. The van der Waals surface area contributed by atoms with Crippen LogP contribution in [0.2, 0.25) is 0 Å². The quantitative estimate of drug-likeness (QED) is 0.449. The molecule has 0 amide bonds. The zero-order chi connectivity index (χ0) is 18.1. The van der Waals surface area contributed by atoms with Crippen LogP contribution in [0.15, 0.2) is 21.5 Å². The molecule has 0 spiro atoms. The predicted molar refractivity (Wildman–Crippen MR) is 116 cm³/mol. The number of aliphatic imine (C=N–C) groups is 1. The van der Waals surface area contributed by atoms with E-state index in [4.69, 9.17) is 10.7 Å².